The van der Waals surface area contributed by atoms with Gasteiger partial charge in [-0.1, -0.05) is 19.8 Å². The Morgan fingerprint density at radius 2 is 2.17 bits per heavy atom. The van der Waals surface area contributed by atoms with Crippen molar-refractivity contribution in [3.05, 3.63) is 33.9 Å². The fourth-order valence-electron chi connectivity index (χ4n) is 1.72. The summed E-state index contributed by atoms with van der Waals surface area (Å²) in [6.07, 6.45) is 1.41. The van der Waals surface area contributed by atoms with Crippen LogP contribution >= 0.6 is 0 Å². The predicted molar refractivity (Wildman–Crippen MR) is 67.2 cm³/mol. The molecule has 0 aliphatic rings. The zero-order valence-corrected chi connectivity index (χ0v) is 10.2. The topological polar surface area (TPSA) is 110 Å². The van der Waals surface area contributed by atoms with Crippen LogP contribution in [0.3, 0.4) is 0 Å². The van der Waals surface area contributed by atoms with Crippen LogP contribution in [0.4, 0.5) is 5.69 Å². The Labute approximate surface area is 105 Å². The van der Waals surface area contributed by atoms with Crippen molar-refractivity contribution in [2.75, 3.05) is 0 Å². The number of rotatable bonds is 6. The summed E-state index contributed by atoms with van der Waals surface area (Å²) in [5.74, 6) is -0.136. The van der Waals surface area contributed by atoms with E-state index in [0.29, 0.717) is 6.42 Å². The van der Waals surface area contributed by atoms with E-state index in [2.05, 4.69) is 0 Å². The van der Waals surface area contributed by atoms with Crippen molar-refractivity contribution in [2.45, 2.75) is 38.3 Å². The summed E-state index contributed by atoms with van der Waals surface area (Å²) in [7, 11) is 0. The maximum Gasteiger partial charge on any atom is 0.270 e. The van der Waals surface area contributed by atoms with E-state index < -0.39 is 17.1 Å². The Morgan fingerprint density at radius 1 is 1.50 bits per heavy atom. The second-order valence-electron chi connectivity index (χ2n) is 4.24. The van der Waals surface area contributed by atoms with Crippen LogP contribution in [0, 0.1) is 10.1 Å². The lowest BCUT2D eigenvalue weighted by Gasteiger charge is -2.19. The lowest BCUT2D eigenvalue weighted by atomic mass is 9.97. The lowest BCUT2D eigenvalue weighted by molar-refractivity contribution is -0.385. The van der Waals surface area contributed by atoms with Crippen molar-refractivity contribution < 1.29 is 15.1 Å². The summed E-state index contributed by atoms with van der Waals surface area (Å²) in [5, 5.41) is 30.1. The first-order chi connectivity index (χ1) is 8.47. The van der Waals surface area contributed by atoms with Crippen LogP contribution in [0.5, 0.6) is 5.75 Å². The number of nitro groups is 1. The van der Waals surface area contributed by atoms with Gasteiger partial charge in [-0.15, -0.1) is 0 Å². The van der Waals surface area contributed by atoms with Crippen LogP contribution in [-0.2, 0) is 0 Å². The normalized spacial score (nSPS) is 14.2. The Balaban J connectivity index is 2.93. The Hall–Kier alpha value is -1.66. The number of aliphatic hydroxyl groups is 1. The van der Waals surface area contributed by atoms with Crippen molar-refractivity contribution in [1.82, 2.24) is 0 Å². The van der Waals surface area contributed by atoms with Crippen molar-refractivity contribution in [3.63, 3.8) is 0 Å². The third kappa shape index (κ3) is 3.41. The molecule has 0 saturated heterocycles. The molecule has 0 saturated carbocycles. The van der Waals surface area contributed by atoms with Crippen LogP contribution in [0.15, 0.2) is 18.2 Å². The summed E-state index contributed by atoms with van der Waals surface area (Å²) in [5.41, 5.74) is 5.87. The van der Waals surface area contributed by atoms with Crippen LogP contribution in [0.25, 0.3) is 0 Å². The predicted octanol–water partition coefficient (Wildman–Crippen LogP) is 1.85. The first kappa shape index (κ1) is 14.4. The maximum atomic E-state index is 10.6. The molecule has 6 heteroatoms. The maximum absolute atomic E-state index is 10.6. The fraction of sp³-hybridized carbons (Fsp3) is 0.500. The van der Waals surface area contributed by atoms with Gasteiger partial charge in [0.2, 0.25) is 0 Å². The number of aromatic hydroxyl groups is 1. The van der Waals surface area contributed by atoms with Crippen molar-refractivity contribution in [1.29, 1.82) is 0 Å². The number of non-ortho nitro benzene ring substituents is 1. The molecule has 0 aromatic heterocycles. The zero-order chi connectivity index (χ0) is 13.7. The molecule has 0 spiro atoms. The number of unbranched alkanes of at least 4 members (excludes halogenated alkanes) is 1. The summed E-state index contributed by atoms with van der Waals surface area (Å²) >= 11 is 0. The van der Waals surface area contributed by atoms with Crippen LogP contribution in [0.2, 0.25) is 0 Å². The summed E-state index contributed by atoms with van der Waals surface area (Å²) in [4.78, 5) is 10.1. The van der Waals surface area contributed by atoms with Crippen LogP contribution in [0.1, 0.15) is 37.8 Å². The zero-order valence-electron chi connectivity index (χ0n) is 10.2. The molecule has 0 aliphatic heterocycles. The van der Waals surface area contributed by atoms with E-state index in [0.717, 1.165) is 12.8 Å². The number of nitrogens with two attached hydrogens (primary N) is 1. The minimum atomic E-state index is -0.823. The number of nitro benzene ring substituents is 1. The van der Waals surface area contributed by atoms with Gasteiger partial charge in [-0.3, -0.25) is 10.1 Å². The standard InChI is InChI=1S/C12H18N2O4/c1-2-3-4-11(16)12(13)9-7-8(14(17)18)5-6-10(9)15/h5-7,11-12,15-16H,2-4,13H2,1H3/t11-,12+/m0/s1. The highest BCUT2D eigenvalue weighted by molar-refractivity contribution is 5.44. The van der Waals surface area contributed by atoms with Gasteiger partial charge in [0, 0.05) is 17.7 Å². The Bertz CT molecular complexity index is 423. The molecule has 0 bridgehead atoms. The molecule has 1 aromatic rings. The van der Waals surface area contributed by atoms with Crippen molar-refractivity contribution in [3.8, 4) is 5.75 Å². The average molecular weight is 254 g/mol. The molecule has 0 unspecified atom stereocenters. The smallest absolute Gasteiger partial charge is 0.270 e. The molecule has 0 heterocycles. The van der Waals surface area contributed by atoms with E-state index >= 15 is 0 Å². The number of hydrogen-bond donors (Lipinski definition) is 3. The quantitative estimate of drug-likeness (QED) is 0.530. The third-order valence-corrected chi connectivity index (χ3v) is 2.85. The molecule has 100 valence electrons. The van der Waals surface area contributed by atoms with Gasteiger partial charge in [0.05, 0.1) is 17.1 Å². The number of nitrogens with zero attached hydrogens (tertiary/aromatic N) is 1. The van der Waals surface area contributed by atoms with E-state index in [1.54, 1.807) is 0 Å². The minimum Gasteiger partial charge on any atom is -0.508 e. The second-order valence-corrected chi connectivity index (χ2v) is 4.24. The van der Waals surface area contributed by atoms with Gasteiger partial charge < -0.3 is 15.9 Å². The van der Waals surface area contributed by atoms with E-state index in [1.165, 1.54) is 18.2 Å². The highest BCUT2D eigenvalue weighted by Gasteiger charge is 2.21. The number of hydrogen-bond acceptors (Lipinski definition) is 5. The first-order valence-corrected chi connectivity index (χ1v) is 5.88. The van der Waals surface area contributed by atoms with Crippen molar-refractivity contribution in [2.24, 2.45) is 5.73 Å². The second kappa shape index (κ2) is 6.32. The fourth-order valence-corrected chi connectivity index (χ4v) is 1.72. The number of phenolic OH excluding ortho intramolecular Hbond substituents is 1. The minimum absolute atomic E-state index is 0.136. The van der Waals surface area contributed by atoms with Crippen LogP contribution in [-0.4, -0.2) is 21.2 Å². The van der Waals surface area contributed by atoms with Crippen LogP contribution < -0.4 is 5.73 Å². The summed E-state index contributed by atoms with van der Waals surface area (Å²) < 4.78 is 0. The third-order valence-electron chi connectivity index (χ3n) is 2.85. The van der Waals surface area contributed by atoms with Gasteiger partial charge in [0.25, 0.3) is 5.69 Å². The first-order valence-electron chi connectivity index (χ1n) is 5.88. The Kier molecular flexibility index (Phi) is 5.06. The van der Waals surface area contributed by atoms with E-state index in [1.807, 2.05) is 6.92 Å². The average Bonchev–Trinajstić information content (AvgIpc) is 2.35. The highest BCUT2D eigenvalue weighted by atomic mass is 16.6. The summed E-state index contributed by atoms with van der Waals surface area (Å²) in [6.45, 7) is 1.99. The van der Waals surface area contributed by atoms with Gasteiger partial charge >= 0.3 is 0 Å². The molecule has 0 aliphatic carbocycles. The number of phenols is 1. The monoisotopic (exact) mass is 254 g/mol. The molecule has 1 aromatic carbocycles. The lowest BCUT2D eigenvalue weighted by Crippen LogP contribution is -2.26. The summed E-state index contributed by atoms with van der Waals surface area (Å²) in [6, 6.07) is 2.80. The van der Waals surface area contributed by atoms with Gasteiger partial charge in [-0.25, -0.2) is 0 Å². The number of benzene rings is 1. The molecule has 0 fully saturated rings. The molecule has 4 N–H and O–H groups in total. The molecule has 18 heavy (non-hydrogen) atoms. The van der Waals surface area contributed by atoms with E-state index in [4.69, 9.17) is 5.73 Å². The highest BCUT2D eigenvalue weighted by Crippen LogP contribution is 2.30. The Morgan fingerprint density at radius 3 is 2.72 bits per heavy atom. The van der Waals surface area contributed by atoms with Gasteiger partial charge in [-0.2, -0.15) is 0 Å². The number of aliphatic hydroxyl groups excluding tert-OH is 1. The SMILES string of the molecule is CCCC[C@H](O)[C@H](N)c1cc([N+](=O)[O-])ccc1O. The molecule has 1 rings (SSSR count). The largest absolute Gasteiger partial charge is 0.508 e. The van der Waals surface area contributed by atoms with E-state index in [9.17, 15) is 20.3 Å². The van der Waals surface area contributed by atoms with Gasteiger partial charge in [-0.05, 0) is 12.5 Å². The van der Waals surface area contributed by atoms with Gasteiger partial charge in [0.1, 0.15) is 5.75 Å². The molecular weight excluding hydrogens is 236 g/mol. The van der Waals surface area contributed by atoms with E-state index in [-0.39, 0.29) is 17.0 Å². The molecule has 6 nitrogen and oxygen atoms in total. The molecule has 2 atom stereocenters. The molecule has 0 radical (unpaired) electrons. The molecule has 0 amide bonds. The van der Waals surface area contributed by atoms with Crippen molar-refractivity contribution >= 4 is 5.69 Å². The molecular formula is C12H18N2O4. The van der Waals surface area contributed by atoms with Gasteiger partial charge in [0.15, 0.2) is 0 Å².